The number of carbonyl (C=O) groups is 1. The molecule has 0 bridgehead atoms. The molecule has 1 atom stereocenters. The molecule has 0 fully saturated rings. The van der Waals surface area contributed by atoms with Crippen molar-refractivity contribution in [2.45, 2.75) is 20.3 Å². The predicted octanol–water partition coefficient (Wildman–Crippen LogP) is 1.98. The van der Waals surface area contributed by atoms with Crippen molar-refractivity contribution >= 4 is 17.5 Å². The fourth-order valence-corrected chi connectivity index (χ4v) is 1.60. The van der Waals surface area contributed by atoms with E-state index in [0.29, 0.717) is 11.5 Å². The summed E-state index contributed by atoms with van der Waals surface area (Å²) in [4.78, 5) is 11.3. The molecule has 0 amide bonds. The van der Waals surface area contributed by atoms with E-state index in [1.54, 1.807) is 18.9 Å². The molecule has 3 heteroatoms. The van der Waals surface area contributed by atoms with Crippen LogP contribution in [0.15, 0.2) is 0 Å². The fourth-order valence-electron chi connectivity index (χ4n) is 0.685. The van der Waals surface area contributed by atoms with Gasteiger partial charge < -0.3 is 4.74 Å². The van der Waals surface area contributed by atoms with Crippen molar-refractivity contribution in [2.75, 3.05) is 25.2 Å². The van der Waals surface area contributed by atoms with E-state index in [2.05, 4.69) is 0 Å². The third-order valence-electron chi connectivity index (χ3n) is 1.84. The van der Waals surface area contributed by atoms with Crippen LogP contribution in [0, 0.1) is 5.92 Å². The summed E-state index contributed by atoms with van der Waals surface area (Å²) in [5.41, 5.74) is 0. The molecule has 0 aromatic heterocycles. The highest BCUT2D eigenvalue weighted by Gasteiger charge is 2.09. The van der Waals surface area contributed by atoms with E-state index >= 15 is 0 Å². The average molecular weight is 190 g/mol. The van der Waals surface area contributed by atoms with E-state index in [4.69, 9.17) is 4.74 Å². The van der Waals surface area contributed by atoms with Crippen LogP contribution in [0.4, 0.5) is 0 Å². The molecule has 1 unspecified atom stereocenters. The van der Waals surface area contributed by atoms with Crippen molar-refractivity contribution in [1.29, 1.82) is 0 Å². The van der Waals surface area contributed by atoms with Gasteiger partial charge >= 0.3 is 0 Å². The molecule has 0 aromatic rings. The lowest BCUT2D eigenvalue weighted by Crippen LogP contribution is -2.13. The smallest absolute Gasteiger partial charge is 0.145 e. The van der Waals surface area contributed by atoms with Crippen LogP contribution in [0.5, 0.6) is 0 Å². The van der Waals surface area contributed by atoms with Crippen LogP contribution in [-0.2, 0) is 9.53 Å². The lowest BCUT2D eigenvalue weighted by molar-refractivity contribution is -0.119. The molecule has 72 valence electrons. The molecular weight excluding hydrogens is 172 g/mol. The summed E-state index contributed by atoms with van der Waals surface area (Å²) in [5.74, 6) is 2.13. The molecule has 0 aromatic carbocycles. The van der Waals surface area contributed by atoms with Crippen molar-refractivity contribution < 1.29 is 9.53 Å². The minimum Gasteiger partial charge on any atom is -0.384 e. The van der Waals surface area contributed by atoms with Gasteiger partial charge in [0.25, 0.3) is 0 Å². The first-order chi connectivity index (χ1) is 5.72. The minimum absolute atomic E-state index is 0.222. The van der Waals surface area contributed by atoms with Crippen molar-refractivity contribution in [1.82, 2.24) is 0 Å². The Labute approximate surface area is 79.1 Å². The molecule has 12 heavy (non-hydrogen) atoms. The van der Waals surface area contributed by atoms with Gasteiger partial charge in [0, 0.05) is 18.8 Å². The van der Waals surface area contributed by atoms with E-state index in [1.807, 2.05) is 13.8 Å². The van der Waals surface area contributed by atoms with Crippen LogP contribution in [-0.4, -0.2) is 31.0 Å². The molecule has 0 aliphatic heterocycles. The van der Waals surface area contributed by atoms with Crippen LogP contribution in [0.3, 0.4) is 0 Å². The largest absolute Gasteiger partial charge is 0.384 e. The number of ketones is 1. The second-order valence-electron chi connectivity index (χ2n) is 2.82. The Morgan fingerprint density at radius 3 is 2.75 bits per heavy atom. The van der Waals surface area contributed by atoms with Gasteiger partial charge in [-0.2, -0.15) is 11.8 Å². The Bertz CT molecular complexity index is 126. The van der Waals surface area contributed by atoms with Gasteiger partial charge in [-0.05, 0) is 6.42 Å². The third kappa shape index (κ3) is 5.61. The number of methoxy groups -OCH3 is 1. The number of hydrogen-bond acceptors (Lipinski definition) is 3. The third-order valence-corrected chi connectivity index (χ3v) is 2.78. The number of ether oxygens (including phenoxy) is 1. The zero-order valence-electron chi connectivity index (χ0n) is 8.13. The maximum Gasteiger partial charge on any atom is 0.145 e. The second kappa shape index (κ2) is 7.62. The number of rotatable bonds is 7. The van der Waals surface area contributed by atoms with Crippen LogP contribution < -0.4 is 0 Å². The standard InChI is InChI=1S/C9H18O2S/c1-4-8(2)9(10)7-12-6-5-11-3/h8H,4-7H2,1-3H3. The van der Waals surface area contributed by atoms with Gasteiger partial charge in [-0.25, -0.2) is 0 Å². The van der Waals surface area contributed by atoms with Gasteiger partial charge in [-0.1, -0.05) is 13.8 Å². The van der Waals surface area contributed by atoms with Crippen molar-refractivity contribution in [3.63, 3.8) is 0 Å². The molecule has 0 spiro atoms. The first-order valence-corrected chi connectivity index (χ1v) is 5.47. The number of carbonyl (C=O) groups excluding carboxylic acids is 1. The molecule has 2 nitrogen and oxygen atoms in total. The highest BCUT2D eigenvalue weighted by atomic mass is 32.2. The summed E-state index contributed by atoms with van der Waals surface area (Å²) in [6.45, 7) is 4.76. The predicted molar refractivity (Wildman–Crippen MR) is 53.7 cm³/mol. The first kappa shape index (κ1) is 12.0. The Balaban J connectivity index is 3.31. The Morgan fingerprint density at radius 2 is 2.25 bits per heavy atom. The number of Topliss-reactive ketones (excluding diaryl/α,β-unsaturated/α-hetero) is 1. The zero-order valence-corrected chi connectivity index (χ0v) is 8.95. The lowest BCUT2D eigenvalue weighted by Gasteiger charge is -2.06. The van der Waals surface area contributed by atoms with E-state index in [0.717, 1.165) is 18.8 Å². The maximum absolute atomic E-state index is 11.3. The molecular formula is C9H18O2S. The molecule has 0 heterocycles. The monoisotopic (exact) mass is 190 g/mol. The van der Waals surface area contributed by atoms with Crippen LogP contribution in [0.1, 0.15) is 20.3 Å². The van der Waals surface area contributed by atoms with Gasteiger partial charge in [-0.15, -0.1) is 0 Å². The van der Waals surface area contributed by atoms with Gasteiger partial charge in [0.1, 0.15) is 5.78 Å². The van der Waals surface area contributed by atoms with Crippen molar-refractivity contribution in [2.24, 2.45) is 5.92 Å². The highest BCUT2D eigenvalue weighted by molar-refractivity contribution is 7.99. The van der Waals surface area contributed by atoms with E-state index < -0.39 is 0 Å². The Hall–Kier alpha value is -0.0200. The topological polar surface area (TPSA) is 26.3 Å². The highest BCUT2D eigenvalue weighted by Crippen LogP contribution is 2.08. The summed E-state index contributed by atoms with van der Waals surface area (Å²) >= 11 is 1.66. The van der Waals surface area contributed by atoms with Gasteiger partial charge in [0.2, 0.25) is 0 Å². The summed E-state index contributed by atoms with van der Waals surface area (Å²) in [5, 5.41) is 0. The fraction of sp³-hybridized carbons (Fsp3) is 0.889. The summed E-state index contributed by atoms with van der Waals surface area (Å²) < 4.78 is 4.88. The second-order valence-corrected chi connectivity index (χ2v) is 3.93. The maximum atomic E-state index is 11.3. The number of thioether (sulfide) groups is 1. The molecule has 0 aliphatic carbocycles. The van der Waals surface area contributed by atoms with Crippen LogP contribution in [0.25, 0.3) is 0 Å². The summed E-state index contributed by atoms with van der Waals surface area (Å²) in [6, 6.07) is 0. The normalized spacial score (nSPS) is 12.9. The van der Waals surface area contributed by atoms with Crippen LogP contribution in [0.2, 0.25) is 0 Å². The van der Waals surface area contributed by atoms with E-state index in [9.17, 15) is 4.79 Å². The van der Waals surface area contributed by atoms with Gasteiger partial charge in [0.15, 0.2) is 0 Å². The lowest BCUT2D eigenvalue weighted by atomic mass is 10.1. The SMILES string of the molecule is CCC(C)C(=O)CSCCOC. The molecule has 0 aliphatic rings. The summed E-state index contributed by atoms with van der Waals surface area (Å²) in [7, 11) is 1.68. The van der Waals surface area contributed by atoms with Crippen LogP contribution >= 0.6 is 11.8 Å². The summed E-state index contributed by atoms with van der Waals surface area (Å²) in [6.07, 6.45) is 0.948. The van der Waals surface area contributed by atoms with E-state index in [-0.39, 0.29) is 5.92 Å². The molecule has 0 saturated carbocycles. The molecule has 0 N–H and O–H groups in total. The zero-order chi connectivity index (χ0) is 9.40. The minimum atomic E-state index is 0.222. The molecule has 0 radical (unpaired) electrons. The van der Waals surface area contributed by atoms with Gasteiger partial charge in [0.05, 0.1) is 12.4 Å². The molecule has 0 saturated heterocycles. The number of hydrogen-bond donors (Lipinski definition) is 0. The van der Waals surface area contributed by atoms with Gasteiger partial charge in [-0.3, -0.25) is 4.79 Å². The Kier molecular flexibility index (Phi) is 7.61. The van der Waals surface area contributed by atoms with Crippen molar-refractivity contribution in [3.05, 3.63) is 0 Å². The molecule has 0 rings (SSSR count). The van der Waals surface area contributed by atoms with E-state index in [1.165, 1.54) is 0 Å². The average Bonchev–Trinajstić information content (AvgIpc) is 2.10. The first-order valence-electron chi connectivity index (χ1n) is 4.31. The quantitative estimate of drug-likeness (QED) is 0.574. The van der Waals surface area contributed by atoms with Crippen molar-refractivity contribution in [3.8, 4) is 0 Å². The Morgan fingerprint density at radius 1 is 1.58 bits per heavy atom.